The van der Waals surface area contributed by atoms with E-state index in [0.29, 0.717) is 21.4 Å². The summed E-state index contributed by atoms with van der Waals surface area (Å²) in [4.78, 5) is 26.3. The van der Waals surface area contributed by atoms with Gasteiger partial charge in [-0.3, -0.25) is 9.59 Å². The van der Waals surface area contributed by atoms with Crippen LogP contribution in [0.5, 0.6) is 0 Å². The molecule has 128 valence electrons. The monoisotopic (exact) mass is 393 g/mol. The molecule has 1 amide bonds. The molecule has 0 radical (unpaired) electrons. The van der Waals surface area contributed by atoms with Crippen LogP contribution in [0.4, 0.5) is 5.69 Å². The van der Waals surface area contributed by atoms with Gasteiger partial charge in [0.1, 0.15) is 12.2 Å². The summed E-state index contributed by atoms with van der Waals surface area (Å²) in [6.45, 7) is 1.77. The molecule has 0 fully saturated rings. The summed E-state index contributed by atoms with van der Waals surface area (Å²) in [5.74, 6) is -0.418. The summed E-state index contributed by atoms with van der Waals surface area (Å²) in [5, 5.41) is 7.72. The van der Waals surface area contributed by atoms with E-state index < -0.39 is 5.91 Å². The van der Waals surface area contributed by atoms with Crippen LogP contribution in [0.15, 0.2) is 47.3 Å². The summed E-state index contributed by atoms with van der Waals surface area (Å²) >= 11 is 13.5. The van der Waals surface area contributed by atoms with Crippen molar-refractivity contribution in [1.29, 1.82) is 0 Å². The Labute approximate surface area is 157 Å². The van der Waals surface area contributed by atoms with Crippen LogP contribution in [0.3, 0.4) is 0 Å². The average molecular weight is 394 g/mol. The fourth-order valence-electron chi connectivity index (χ4n) is 2.18. The van der Waals surface area contributed by atoms with Crippen molar-refractivity contribution in [2.24, 2.45) is 0 Å². The summed E-state index contributed by atoms with van der Waals surface area (Å²) in [6.07, 6.45) is 0. The van der Waals surface area contributed by atoms with E-state index in [-0.39, 0.29) is 12.1 Å². The molecule has 0 saturated carbocycles. The van der Waals surface area contributed by atoms with E-state index in [4.69, 9.17) is 23.2 Å². The molecule has 0 atom stereocenters. The van der Waals surface area contributed by atoms with E-state index >= 15 is 0 Å². The highest BCUT2D eigenvalue weighted by Gasteiger charge is 2.11. The molecule has 0 saturated heterocycles. The lowest BCUT2D eigenvalue weighted by Crippen LogP contribution is -2.29. The Hall–Kier alpha value is -2.15. The van der Waals surface area contributed by atoms with Gasteiger partial charge in [0.25, 0.3) is 5.56 Å². The van der Waals surface area contributed by atoms with E-state index in [1.165, 1.54) is 6.07 Å². The Balaban J connectivity index is 1.81. The SMILES string of the molecule is Cc1ccc(-c2ccc(=O)n(CC(=O)Nc3cc(Cl)ccc3Cl)n2)s1. The first kappa shape index (κ1) is 17.7. The molecular formula is C17H13Cl2N3O2S. The topological polar surface area (TPSA) is 64.0 Å². The minimum Gasteiger partial charge on any atom is -0.323 e. The van der Waals surface area contributed by atoms with Crippen LogP contribution in [0, 0.1) is 6.92 Å². The molecule has 3 aromatic rings. The number of aromatic nitrogens is 2. The van der Waals surface area contributed by atoms with Crippen LogP contribution < -0.4 is 10.9 Å². The second-order valence-corrected chi connectivity index (χ2v) is 7.43. The molecule has 1 aromatic carbocycles. The van der Waals surface area contributed by atoms with E-state index in [1.54, 1.807) is 35.6 Å². The van der Waals surface area contributed by atoms with Crippen molar-refractivity contribution < 1.29 is 4.79 Å². The molecule has 0 bridgehead atoms. The standard InChI is InChI=1S/C17H13Cl2N3O2S/c1-10-2-6-15(25-10)13-5-7-17(24)22(21-13)9-16(23)20-14-8-11(18)3-4-12(14)19/h2-8H,9H2,1H3,(H,20,23). The Morgan fingerprint density at radius 3 is 2.72 bits per heavy atom. The number of halogens is 2. The maximum absolute atomic E-state index is 12.2. The zero-order valence-corrected chi connectivity index (χ0v) is 15.5. The average Bonchev–Trinajstić information content (AvgIpc) is 2.99. The van der Waals surface area contributed by atoms with Crippen LogP contribution in [0.2, 0.25) is 10.0 Å². The predicted octanol–water partition coefficient (Wildman–Crippen LogP) is 4.23. The number of rotatable bonds is 4. The third-order valence-corrected chi connectivity index (χ3v) is 4.94. The summed E-state index contributed by atoms with van der Waals surface area (Å²) in [6, 6.07) is 11.7. The van der Waals surface area contributed by atoms with Crippen LogP contribution in [0.1, 0.15) is 4.88 Å². The molecule has 3 rings (SSSR count). The number of carbonyl (C=O) groups is 1. The van der Waals surface area contributed by atoms with Gasteiger partial charge in [0.05, 0.1) is 15.6 Å². The third-order valence-electron chi connectivity index (χ3n) is 3.36. The minimum atomic E-state index is -0.418. The van der Waals surface area contributed by atoms with Gasteiger partial charge in [-0.25, -0.2) is 4.68 Å². The number of hydrogen-bond acceptors (Lipinski definition) is 4. The van der Waals surface area contributed by atoms with Gasteiger partial charge in [0.15, 0.2) is 0 Å². The van der Waals surface area contributed by atoms with Crippen molar-refractivity contribution in [2.45, 2.75) is 13.5 Å². The van der Waals surface area contributed by atoms with Crippen molar-refractivity contribution in [3.05, 3.63) is 67.7 Å². The Kier molecular flexibility index (Phi) is 5.22. The smallest absolute Gasteiger partial charge is 0.267 e. The molecular weight excluding hydrogens is 381 g/mol. The molecule has 2 heterocycles. The van der Waals surface area contributed by atoms with Crippen molar-refractivity contribution in [1.82, 2.24) is 9.78 Å². The fourth-order valence-corrected chi connectivity index (χ4v) is 3.35. The zero-order valence-electron chi connectivity index (χ0n) is 13.1. The molecule has 0 unspecified atom stereocenters. The lowest BCUT2D eigenvalue weighted by Gasteiger charge is -2.09. The second kappa shape index (κ2) is 7.39. The molecule has 2 aromatic heterocycles. The minimum absolute atomic E-state index is 0.222. The lowest BCUT2D eigenvalue weighted by atomic mass is 10.3. The highest BCUT2D eigenvalue weighted by molar-refractivity contribution is 7.15. The van der Waals surface area contributed by atoms with E-state index in [1.807, 2.05) is 19.1 Å². The number of carbonyl (C=O) groups excluding carboxylic acids is 1. The number of thiophene rings is 1. The van der Waals surface area contributed by atoms with E-state index in [2.05, 4.69) is 10.4 Å². The van der Waals surface area contributed by atoms with Crippen molar-refractivity contribution in [3.63, 3.8) is 0 Å². The molecule has 0 spiro atoms. The molecule has 5 nitrogen and oxygen atoms in total. The zero-order chi connectivity index (χ0) is 18.0. The lowest BCUT2D eigenvalue weighted by molar-refractivity contribution is -0.117. The highest BCUT2D eigenvalue weighted by Crippen LogP contribution is 2.26. The Morgan fingerprint density at radius 1 is 1.20 bits per heavy atom. The summed E-state index contributed by atoms with van der Waals surface area (Å²) < 4.78 is 1.12. The van der Waals surface area contributed by atoms with Crippen LogP contribution >= 0.6 is 34.5 Å². The molecule has 0 aliphatic rings. The van der Waals surface area contributed by atoms with Gasteiger partial charge in [-0.05, 0) is 43.3 Å². The quantitative estimate of drug-likeness (QED) is 0.721. The van der Waals surface area contributed by atoms with Gasteiger partial charge in [-0.2, -0.15) is 5.10 Å². The van der Waals surface area contributed by atoms with Gasteiger partial charge in [0.2, 0.25) is 5.91 Å². The fraction of sp³-hybridized carbons (Fsp3) is 0.118. The number of hydrogen-bond donors (Lipinski definition) is 1. The van der Waals surface area contributed by atoms with Crippen LogP contribution in [-0.4, -0.2) is 15.7 Å². The van der Waals surface area contributed by atoms with Gasteiger partial charge in [-0.15, -0.1) is 11.3 Å². The molecule has 0 aliphatic heterocycles. The number of aryl methyl sites for hydroxylation is 1. The van der Waals surface area contributed by atoms with Gasteiger partial charge < -0.3 is 5.32 Å². The molecule has 0 aliphatic carbocycles. The third kappa shape index (κ3) is 4.28. The molecule has 1 N–H and O–H groups in total. The number of anilines is 1. The second-order valence-electron chi connectivity index (χ2n) is 5.30. The number of amides is 1. The summed E-state index contributed by atoms with van der Waals surface area (Å²) in [7, 11) is 0. The predicted molar refractivity (Wildman–Crippen MR) is 102 cm³/mol. The Bertz CT molecular complexity index is 998. The van der Waals surface area contributed by atoms with Gasteiger partial charge in [0, 0.05) is 16.0 Å². The van der Waals surface area contributed by atoms with Crippen molar-refractivity contribution in [3.8, 4) is 10.6 Å². The van der Waals surface area contributed by atoms with Crippen molar-refractivity contribution >= 4 is 46.1 Å². The van der Waals surface area contributed by atoms with Gasteiger partial charge in [-0.1, -0.05) is 23.2 Å². The highest BCUT2D eigenvalue weighted by atomic mass is 35.5. The summed E-state index contributed by atoms with van der Waals surface area (Å²) in [5.41, 5.74) is 0.674. The van der Waals surface area contributed by atoms with E-state index in [0.717, 1.165) is 14.4 Å². The maximum Gasteiger partial charge on any atom is 0.267 e. The molecule has 8 heteroatoms. The first-order chi connectivity index (χ1) is 11.9. The van der Waals surface area contributed by atoms with Crippen molar-refractivity contribution in [2.75, 3.05) is 5.32 Å². The first-order valence-corrected chi connectivity index (χ1v) is 8.89. The normalized spacial score (nSPS) is 10.7. The van der Waals surface area contributed by atoms with E-state index in [9.17, 15) is 9.59 Å². The largest absolute Gasteiger partial charge is 0.323 e. The molecule has 25 heavy (non-hydrogen) atoms. The van der Waals surface area contributed by atoms with Crippen LogP contribution in [0.25, 0.3) is 10.6 Å². The number of benzene rings is 1. The number of nitrogens with zero attached hydrogens (tertiary/aromatic N) is 2. The Morgan fingerprint density at radius 2 is 2.00 bits per heavy atom. The van der Waals surface area contributed by atoms with Crippen LogP contribution in [-0.2, 0) is 11.3 Å². The maximum atomic E-state index is 12.2. The first-order valence-electron chi connectivity index (χ1n) is 7.32. The van der Waals surface area contributed by atoms with Gasteiger partial charge >= 0.3 is 0 Å². The number of nitrogens with one attached hydrogen (secondary N) is 1.